The predicted octanol–water partition coefficient (Wildman–Crippen LogP) is 3.44. The summed E-state index contributed by atoms with van der Waals surface area (Å²) in [5.41, 5.74) is 1.69. The minimum absolute atomic E-state index is 0.146. The highest BCUT2D eigenvalue weighted by atomic mass is 32.2. The number of rotatable bonds is 5. The highest BCUT2D eigenvalue weighted by Gasteiger charge is 2.09. The molecule has 0 bridgehead atoms. The van der Waals surface area contributed by atoms with Crippen molar-refractivity contribution >= 4 is 23.4 Å². The summed E-state index contributed by atoms with van der Waals surface area (Å²) in [5.74, 6) is 0.881. The van der Waals surface area contributed by atoms with Gasteiger partial charge in [0.25, 0.3) is 0 Å². The number of hydrogen-bond donors (Lipinski definition) is 2. The predicted molar refractivity (Wildman–Crippen MR) is 85.2 cm³/mol. The second-order valence-corrected chi connectivity index (χ2v) is 5.53. The lowest BCUT2D eigenvalue weighted by Crippen LogP contribution is -2.14. The smallest absolute Gasteiger partial charge is 0.234 e. The number of carbonyl (C=O) groups excluding carboxylic acids is 1. The number of nitrogens with one attached hydrogen (secondary N) is 1. The molecule has 0 saturated carbocycles. The molecule has 0 aliphatic rings. The molecule has 2 N–H and O–H groups in total. The van der Waals surface area contributed by atoms with Crippen LogP contribution >= 0.6 is 11.8 Å². The van der Waals surface area contributed by atoms with Crippen LogP contribution in [-0.2, 0) is 4.79 Å². The Kier molecular flexibility index (Phi) is 5.11. The average molecular weight is 303 g/mol. The largest absolute Gasteiger partial charge is 0.507 e. The van der Waals surface area contributed by atoms with E-state index in [4.69, 9.17) is 4.74 Å². The number of carbonyl (C=O) groups is 1. The van der Waals surface area contributed by atoms with Gasteiger partial charge in [-0.2, -0.15) is 0 Å². The van der Waals surface area contributed by atoms with Gasteiger partial charge in [-0.1, -0.05) is 18.2 Å². The Labute approximate surface area is 128 Å². The van der Waals surface area contributed by atoms with Crippen LogP contribution in [0.15, 0.2) is 47.4 Å². The Bertz CT molecular complexity index is 643. The van der Waals surface area contributed by atoms with Crippen LogP contribution in [0.5, 0.6) is 11.5 Å². The fourth-order valence-electron chi connectivity index (χ4n) is 1.83. The van der Waals surface area contributed by atoms with Crippen molar-refractivity contribution in [3.05, 3.63) is 48.0 Å². The normalized spacial score (nSPS) is 10.2. The van der Waals surface area contributed by atoms with Crippen molar-refractivity contribution in [2.24, 2.45) is 0 Å². The molecule has 21 heavy (non-hydrogen) atoms. The molecule has 2 rings (SSSR count). The Balaban J connectivity index is 1.99. The summed E-state index contributed by atoms with van der Waals surface area (Å²) < 4.78 is 5.22. The van der Waals surface area contributed by atoms with Gasteiger partial charge in [0.2, 0.25) is 5.91 Å². The maximum atomic E-state index is 12.0. The van der Waals surface area contributed by atoms with E-state index >= 15 is 0 Å². The first kappa shape index (κ1) is 15.3. The second kappa shape index (κ2) is 7.04. The topological polar surface area (TPSA) is 58.6 Å². The monoisotopic (exact) mass is 303 g/mol. The van der Waals surface area contributed by atoms with Gasteiger partial charge in [0.05, 0.1) is 18.6 Å². The molecule has 5 heteroatoms. The van der Waals surface area contributed by atoms with Gasteiger partial charge < -0.3 is 15.2 Å². The third-order valence-corrected chi connectivity index (χ3v) is 3.92. The summed E-state index contributed by atoms with van der Waals surface area (Å²) >= 11 is 1.29. The number of benzene rings is 2. The van der Waals surface area contributed by atoms with Crippen molar-refractivity contribution in [1.82, 2.24) is 0 Å². The molecule has 2 aromatic carbocycles. The van der Waals surface area contributed by atoms with Crippen LogP contribution < -0.4 is 10.1 Å². The number of methoxy groups -OCH3 is 1. The molecule has 0 fully saturated rings. The molecular weight excluding hydrogens is 286 g/mol. The van der Waals surface area contributed by atoms with Crippen molar-refractivity contribution in [3.63, 3.8) is 0 Å². The molecule has 0 unspecified atom stereocenters. The van der Waals surface area contributed by atoms with Crippen LogP contribution in [0.2, 0.25) is 0 Å². The fraction of sp³-hybridized carbons (Fsp3) is 0.188. The summed E-state index contributed by atoms with van der Waals surface area (Å²) in [6.07, 6.45) is 0. The van der Waals surface area contributed by atoms with E-state index in [1.54, 1.807) is 25.3 Å². The van der Waals surface area contributed by atoms with Gasteiger partial charge in [0.15, 0.2) is 0 Å². The standard InChI is InChI=1S/C16H17NO3S/c1-11-7-8-14(20-2)12(9-11)17-16(19)10-21-15-6-4-3-5-13(15)18/h3-9,18H,10H2,1-2H3,(H,17,19). The molecule has 4 nitrogen and oxygen atoms in total. The second-order valence-electron chi connectivity index (χ2n) is 4.51. The summed E-state index contributed by atoms with van der Waals surface area (Å²) in [5, 5.41) is 12.5. The molecule has 0 spiro atoms. The van der Waals surface area contributed by atoms with E-state index < -0.39 is 0 Å². The summed E-state index contributed by atoms with van der Waals surface area (Å²) in [4.78, 5) is 12.7. The summed E-state index contributed by atoms with van der Waals surface area (Å²) in [6.45, 7) is 1.95. The number of hydrogen-bond acceptors (Lipinski definition) is 4. The van der Waals surface area contributed by atoms with Crippen LogP contribution in [0.1, 0.15) is 5.56 Å². The van der Waals surface area contributed by atoms with Crippen molar-refractivity contribution in [3.8, 4) is 11.5 Å². The van der Waals surface area contributed by atoms with Crippen molar-refractivity contribution in [2.45, 2.75) is 11.8 Å². The van der Waals surface area contributed by atoms with Crippen molar-refractivity contribution in [2.75, 3.05) is 18.2 Å². The van der Waals surface area contributed by atoms with E-state index in [9.17, 15) is 9.90 Å². The maximum absolute atomic E-state index is 12.0. The van der Waals surface area contributed by atoms with Gasteiger partial charge in [-0.25, -0.2) is 0 Å². The minimum Gasteiger partial charge on any atom is -0.507 e. The molecule has 1 amide bonds. The Hall–Kier alpha value is -2.14. The van der Waals surface area contributed by atoms with Gasteiger partial charge in [-0.15, -0.1) is 11.8 Å². The number of aryl methyl sites for hydroxylation is 1. The lowest BCUT2D eigenvalue weighted by molar-refractivity contribution is -0.113. The molecule has 2 aromatic rings. The first-order valence-electron chi connectivity index (χ1n) is 6.45. The third-order valence-electron chi connectivity index (χ3n) is 2.85. The van der Waals surface area contributed by atoms with Crippen LogP contribution in [0.3, 0.4) is 0 Å². The molecule has 0 saturated heterocycles. The first-order valence-corrected chi connectivity index (χ1v) is 7.44. The number of aromatic hydroxyl groups is 1. The van der Waals surface area contributed by atoms with Crippen LogP contribution in [0.4, 0.5) is 5.69 Å². The molecule has 0 radical (unpaired) electrons. The van der Waals surface area contributed by atoms with E-state index in [1.807, 2.05) is 31.2 Å². The lowest BCUT2D eigenvalue weighted by atomic mass is 10.2. The van der Waals surface area contributed by atoms with Crippen LogP contribution in [0, 0.1) is 6.92 Å². The number of para-hydroxylation sites is 1. The first-order chi connectivity index (χ1) is 10.1. The van der Waals surface area contributed by atoms with Gasteiger partial charge in [-0.05, 0) is 36.8 Å². The van der Waals surface area contributed by atoms with Crippen LogP contribution in [0.25, 0.3) is 0 Å². The van der Waals surface area contributed by atoms with Crippen LogP contribution in [-0.4, -0.2) is 23.9 Å². The Morgan fingerprint density at radius 3 is 2.76 bits per heavy atom. The van der Waals surface area contributed by atoms with E-state index in [0.717, 1.165) is 5.56 Å². The van der Waals surface area contributed by atoms with E-state index in [0.29, 0.717) is 16.3 Å². The Morgan fingerprint density at radius 1 is 1.29 bits per heavy atom. The van der Waals surface area contributed by atoms with E-state index in [-0.39, 0.29) is 17.4 Å². The van der Waals surface area contributed by atoms with Crippen molar-refractivity contribution < 1.29 is 14.6 Å². The SMILES string of the molecule is COc1ccc(C)cc1NC(=O)CSc1ccccc1O. The zero-order valence-corrected chi connectivity index (χ0v) is 12.7. The minimum atomic E-state index is -0.146. The number of phenolic OH excluding ortho intramolecular Hbond substituents is 1. The highest BCUT2D eigenvalue weighted by molar-refractivity contribution is 8.00. The number of ether oxygens (including phenoxy) is 1. The van der Waals surface area contributed by atoms with Gasteiger partial charge >= 0.3 is 0 Å². The molecule has 110 valence electrons. The molecular formula is C16H17NO3S. The molecule has 0 heterocycles. The van der Waals surface area contributed by atoms with E-state index in [2.05, 4.69) is 5.32 Å². The number of amides is 1. The Morgan fingerprint density at radius 2 is 2.05 bits per heavy atom. The number of anilines is 1. The molecule has 0 aromatic heterocycles. The van der Waals surface area contributed by atoms with Crippen molar-refractivity contribution in [1.29, 1.82) is 0 Å². The molecule has 0 aliphatic carbocycles. The molecule has 0 aliphatic heterocycles. The van der Waals surface area contributed by atoms with E-state index in [1.165, 1.54) is 11.8 Å². The summed E-state index contributed by atoms with van der Waals surface area (Å²) in [7, 11) is 1.57. The quantitative estimate of drug-likeness (QED) is 0.831. The number of phenols is 1. The zero-order chi connectivity index (χ0) is 15.2. The zero-order valence-electron chi connectivity index (χ0n) is 11.9. The number of thioether (sulfide) groups is 1. The van der Waals surface area contributed by atoms with Gasteiger partial charge in [0.1, 0.15) is 11.5 Å². The lowest BCUT2D eigenvalue weighted by Gasteiger charge is -2.11. The highest BCUT2D eigenvalue weighted by Crippen LogP contribution is 2.29. The summed E-state index contributed by atoms with van der Waals surface area (Å²) in [6, 6.07) is 12.6. The third kappa shape index (κ3) is 4.16. The van der Waals surface area contributed by atoms with Gasteiger partial charge in [0, 0.05) is 4.90 Å². The fourth-order valence-corrected chi connectivity index (χ4v) is 2.58. The molecule has 0 atom stereocenters. The average Bonchev–Trinajstić information content (AvgIpc) is 2.47. The van der Waals surface area contributed by atoms with Gasteiger partial charge in [-0.3, -0.25) is 4.79 Å². The maximum Gasteiger partial charge on any atom is 0.234 e.